The Kier molecular flexibility index (Phi) is 3.89. The first-order valence-electron chi connectivity index (χ1n) is 7.31. The lowest BCUT2D eigenvalue weighted by atomic mass is 10.0. The van der Waals surface area contributed by atoms with E-state index in [0.717, 1.165) is 29.1 Å². The van der Waals surface area contributed by atoms with E-state index in [0.29, 0.717) is 0 Å². The Morgan fingerprint density at radius 3 is 3.00 bits per heavy atom. The van der Waals surface area contributed by atoms with Crippen LogP contribution in [-0.4, -0.2) is 32.3 Å². The van der Waals surface area contributed by atoms with Crippen molar-refractivity contribution in [2.24, 2.45) is 13.0 Å². The Balaban J connectivity index is 1.71. The lowest BCUT2D eigenvalue weighted by Crippen LogP contribution is -2.32. The molecular weight excluding hydrogens is 268 g/mol. The number of aryl methyl sites for hydroxylation is 1. The molecule has 3 heterocycles. The summed E-state index contributed by atoms with van der Waals surface area (Å²) in [6.45, 7) is 6.85. The van der Waals surface area contributed by atoms with Gasteiger partial charge in [0.1, 0.15) is 5.01 Å². The highest BCUT2D eigenvalue weighted by Crippen LogP contribution is 2.28. The number of hydrogen-bond acceptors (Lipinski definition) is 4. The lowest BCUT2D eigenvalue weighted by molar-refractivity contribution is 0.197. The van der Waals surface area contributed by atoms with Crippen molar-refractivity contribution in [1.82, 2.24) is 19.7 Å². The van der Waals surface area contributed by atoms with Crippen molar-refractivity contribution in [1.29, 1.82) is 0 Å². The second-order valence-corrected chi connectivity index (χ2v) is 6.83. The molecule has 0 spiro atoms. The van der Waals surface area contributed by atoms with Gasteiger partial charge in [0.2, 0.25) is 0 Å². The molecule has 0 aromatic carbocycles. The molecule has 3 rings (SSSR count). The minimum absolute atomic E-state index is 0.721. The van der Waals surface area contributed by atoms with Crippen LogP contribution in [-0.2, 0) is 13.6 Å². The summed E-state index contributed by atoms with van der Waals surface area (Å²) in [5.74, 6) is 0.730. The van der Waals surface area contributed by atoms with Gasteiger partial charge in [-0.25, -0.2) is 4.98 Å². The first-order chi connectivity index (χ1) is 9.63. The van der Waals surface area contributed by atoms with Crippen LogP contribution in [0.1, 0.15) is 32.4 Å². The van der Waals surface area contributed by atoms with Gasteiger partial charge in [0.25, 0.3) is 0 Å². The van der Waals surface area contributed by atoms with Crippen molar-refractivity contribution >= 4 is 11.3 Å². The van der Waals surface area contributed by atoms with E-state index in [-0.39, 0.29) is 0 Å². The molecule has 1 aliphatic heterocycles. The average molecular weight is 290 g/mol. The topological polar surface area (TPSA) is 34.0 Å². The van der Waals surface area contributed by atoms with Crippen molar-refractivity contribution in [3.63, 3.8) is 0 Å². The summed E-state index contributed by atoms with van der Waals surface area (Å²) in [6.07, 6.45) is 6.56. The van der Waals surface area contributed by atoms with Gasteiger partial charge in [-0.2, -0.15) is 5.10 Å². The highest BCUT2D eigenvalue weighted by Gasteiger charge is 2.27. The smallest absolute Gasteiger partial charge is 0.126 e. The Labute approximate surface area is 124 Å². The first kappa shape index (κ1) is 13.8. The fourth-order valence-electron chi connectivity index (χ4n) is 3.06. The van der Waals surface area contributed by atoms with Crippen LogP contribution < -0.4 is 0 Å². The standard InChI is InChI=1S/C15H22N4S/c1-11(2)14-5-4-6-19(14)9-13-10-20-15(17-13)12-7-16-18(3)8-12/h7-8,10-11,14H,4-6,9H2,1-3H3/t14-/m0/s1. The predicted octanol–water partition coefficient (Wildman–Crippen LogP) is 3.16. The highest BCUT2D eigenvalue weighted by atomic mass is 32.1. The summed E-state index contributed by atoms with van der Waals surface area (Å²) in [5, 5.41) is 7.48. The molecule has 1 atom stereocenters. The second-order valence-electron chi connectivity index (χ2n) is 5.97. The van der Waals surface area contributed by atoms with E-state index >= 15 is 0 Å². The van der Waals surface area contributed by atoms with Gasteiger partial charge in [-0.1, -0.05) is 13.8 Å². The number of likely N-dealkylation sites (tertiary alicyclic amines) is 1. The molecule has 108 valence electrons. The summed E-state index contributed by atoms with van der Waals surface area (Å²) < 4.78 is 1.83. The van der Waals surface area contributed by atoms with Crippen molar-refractivity contribution in [2.45, 2.75) is 39.3 Å². The molecule has 1 aliphatic rings. The van der Waals surface area contributed by atoms with Crippen LogP contribution >= 0.6 is 11.3 Å². The molecule has 20 heavy (non-hydrogen) atoms. The number of aromatic nitrogens is 3. The lowest BCUT2D eigenvalue weighted by Gasteiger charge is -2.26. The van der Waals surface area contributed by atoms with Crippen LogP contribution in [0.3, 0.4) is 0 Å². The minimum atomic E-state index is 0.721. The third-order valence-electron chi connectivity index (χ3n) is 4.05. The van der Waals surface area contributed by atoms with Crippen LogP contribution in [0.2, 0.25) is 0 Å². The highest BCUT2D eigenvalue weighted by molar-refractivity contribution is 7.13. The van der Waals surface area contributed by atoms with E-state index in [4.69, 9.17) is 4.98 Å². The van der Waals surface area contributed by atoms with Crippen molar-refractivity contribution in [3.05, 3.63) is 23.5 Å². The molecular formula is C15H22N4S. The normalized spacial score (nSPS) is 20.1. The monoisotopic (exact) mass is 290 g/mol. The van der Waals surface area contributed by atoms with Crippen molar-refractivity contribution in [2.75, 3.05) is 6.54 Å². The van der Waals surface area contributed by atoms with Crippen LogP contribution in [0.15, 0.2) is 17.8 Å². The Hall–Kier alpha value is -1.20. The fourth-order valence-corrected chi connectivity index (χ4v) is 3.84. The zero-order valence-electron chi connectivity index (χ0n) is 12.4. The maximum absolute atomic E-state index is 4.77. The number of rotatable bonds is 4. The molecule has 0 amide bonds. The van der Waals surface area contributed by atoms with Gasteiger partial charge in [-0.05, 0) is 25.3 Å². The first-order valence-corrected chi connectivity index (χ1v) is 8.19. The zero-order valence-corrected chi connectivity index (χ0v) is 13.2. The number of nitrogens with zero attached hydrogens (tertiary/aromatic N) is 4. The van der Waals surface area contributed by atoms with Gasteiger partial charge in [-0.15, -0.1) is 11.3 Å². The Morgan fingerprint density at radius 2 is 2.30 bits per heavy atom. The second kappa shape index (κ2) is 5.66. The molecule has 0 bridgehead atoms. The Morgan fingerprint density at radius 1 is 1.45 bits per heavy atom. The zero-order chi connectivity index (χ0) is 14.1. The van der Waals surface area contributed by atoms with E-state index in [9.17, 15) is 0 Å². The molecule has 0 saturated carbocycles. The summed E-state index contributed by atoms with van der Waals surface area (Å²) in [5.41, 5.74) is 2.31. The maximum Gasteiger partial charge on any atom is 0.126 e. The Bertz CT molecular complexity index is 572. The maximum atomic E-state index is 4.77. The van der Waals surface area contributed by atoms with E-state index < -0.39 is 0 Å². The summed E-state index contributed by atoms with van der Waals surface area (Å²) in [4.78, 5) is 7.36. The van der Waals surface area contributed by atoms with E-state index in [1.807, 2.05) is 24.1 Å². The quantitative estimate of drug-likeness (QED) is 0.867. The van der Waals surface area contributed by atoms with Gasteiger partial charge >= 0.3 is 0 Å². The van der Waals surface area contributed by atoms with E-state index in [1.54, 1.807) is 11.3 Å². The van der Waals surface area contributed by atoms with Crippen LogP contribution in [0, 0.1) is 5.92 Å². The summed E-state index contributed by atoms with van der Waals surface area (Å²) >= 11 is 1.72. The molecule has 0 aliphatic carbocycles. The third-order valence-corrected chi connectivity index (χ3v) is 4.99. The molecule has 0 radical (unpaired) electrons. The summed E-state index contributed by atoms with van der Waals surface area (Å²) in [7, 11) is 1.94. The predicted molar refractivity (Wildman–Crippen MR) is 82.6 cm³/mol. The molecule has 1 saturated heterocycles. The number of thiazole rings is 1. The number of hydrogen-bond donors (Lipinski definition) is 0. The van der Waals surface area contributed by atoms with Gasteiger partial charge in [0.15, 0.2) is 0 Å². The molecule has 5 heteroatoms. The third kappa shape index (κ3) is 2.79. The molecule has 0 unspecified atom stereocenters. The largest absolute Gasteiger partial charge is 0.294 e. The average Bonchev–Trinajstić information content (AvgIpc) is 3.09. The van der Waals surface area contributed by atoms with Gasteiger partial charge in [-0.3, -0.25) is 9.58 Å². The van der Waals surface area contributed by atoms with Crippen LogP contribution in [0.5, 0.6) is 0 Å². The van der Waals surface area contributed by atoms with Gasteiger partial charge in [0.05, 0.1) is 11.9 Å². The molecule has 2 aromatic heterocycles. The van der Waals surface area contributed by atoms with Crippen molar-refractivity contribution < 1.29 is 0 Å². The van der Waals surface area contributed by atoms with Gasteiger partial charge in [0, 0.05) is 36.8 Å². The van der Waals surface area contributed by atoms with Crippen LogP contribution in [0.25, 0.3) is 10.6 Å². The molecule has 2 aromatic rings. The van der Waals surface area contributed by atoms with Crippen LogP contribution in [0.4, 0.5) is 0 Å². The van der Waals surface area contributed by atoms with E-state index in [2.05, 4.69) is 29.2 Å². The summed E-state index contributed by atoms with van der Waals surface area (Å²) in [6, 6.07) is 0.721. The fraction of sp³-hybridized carbons (Fsp3) is 0.600. The van der Waals surface area contributed by atoms with E-state index in [1.165, 1.54) is 25.1 Å². The van der Waals surface area contributed by atoms with Gasteiger partial charge < -0.3 is 0 Å². The molecule has 0 N–H and O–H groups in total. The molecule has 4 nitrogen and oxygen atoms in total. The minimum Gasteiger partial charge on any atom is -0.294 e. The SMILES string of the molecule is CC(C)[C@@H]1CCCN1Cc1csc(-c2cnn(C)c2)n1. The molecule has 1 fully saturated rings. The van der Waals surface area contributed by atoms with Crippen molar-refractivity contribution in [3.8, 4) is 10.6 Å².